The van der Waals surface area contributed by atoms with E-state index in [-0.39, 0.29) is 5.75 Å². The highest BCUT2D eigenvalue weighted by Crippen LogP contribution is 2.28. The number of ether oxygens (including phenoxy) is 1. The third kappa shape index (κ3) is 4.37. The van der Waals surface area contributed by atoms with Gasteiger partial charge in [0, 0.05) is 5.69 Å². The molecule has 0 saturated heterocycles. The molecule has 2 aromatic carbocycles. The van der Waals surface area contributed by atoms with Crippen molar-refractivity contribution in [1.82, 2.24) is 0 Å². The van der Waals surface area contributed by atoms with Crippen LogP contribution in [0.15, 0.2) is 52.7 Å². The van der Waals surface area contributed by atoms with Gasteiger partial charge in [-0.25, -0.2) is 0 Å². The van der Waals surface area contributed by atoms with Crippen molar-refractivity contribution in [3.63, 3.8) is 0 Å². The van der Waals surface area contributed by atoms with Gasteiger partial charge in [0.2, 0.25) is 0 Å². The van der Waals surface area contributed by atoms with E-state index in [9.17, 15) is 13.2 Å². The molecule has 8 heteroatoms. The molecule has 5 nitrogen and oxygen atoms in total. The first-order valence-electron chi connectivity index (χ1n) is 5.76. The Morgan fingerprint density at radius 2 is 1.57 bits per heavy atom. The van der Waals surface area contributed by atoms with E-state index >= 15 is 0 Å². The molecule has 0 amide bonds. The molecule has 0 aliphatic heterocycles. The van der Waals surface area contributed by atoms with Crippen LogP contribution in [-0.4, -0.2) is 6.36 Å². The predicted molar refractivity (Wildman–Crippen MR) is 72.6 cm³/mol. The molecule has 0 radical (unpaired) electrons. The Hall–Kier alpha value is -2.77. The van der Waals surface area contributed by atoms with E-state index < -0.39 is 6.36 Å². The number of benzene rings is 2. The number of anilines is 2. The molecular weight excluding hydrogens is 285 g/mol. The molecule has 0 aromatic heterocycles. The normalized spacial score (nSPS) is 11.8. The Bertz CT molecular complexity index is 653. The van der Waals surface area contributed by atoms with Gasteiger partial charge in [-0.1, -0.05) is 0 Å². The number of nitrogens with zero attached hydrogens (tertiary/aromatic N) is 2. The molecule has 0 aliphatic rings. The number of halogens is 3. The van der Waals surface area contributed by atoms with E-state index in [4.69, 9.17) is 11.5 Å². The van der Waals surface area contributed by atoms with Crippen molar-refractivity contribution in [3.8, 4) is 5.75 Å². The summed E-state index contributed by atoms with van der Waals surface area (Å²) in [7, 11) is 0. The summed E-state index contributed by atoms with van der Waals surface area (Å²) in [5, 5.41) is 7.77. The van der Waals surface area contributed by atoms with E-state index in [2.05, 4.69) is 15.0 Å². The number of alkyl halides is 3. The molecule has 110 valence electrons. The number of nitrogens with two attached hydrogens (primary N) is 2. The average Bonchev–Trinajstić information content (AvgIpc) is 2.38. The molecule has 21 heavy (non-hydrogen) atoms. The van der Waals surface area contributed by atoms with Gasteiger partial charge in [0.15, 0.2) is 0 Å². The lowest BCUT2D eigenvalue weighted by Crippen LogP contribution is -2.16. The van der Waals surface area contributed by atoms with Crippen molar-refractivity contribution in [2.24, 2.45) is 10.2 Å². The number of azo groups is 1. The number of hydrogen-bond donors (Lipinski definition) is 2. The summed E-state index contributed by atoms with van der Waals surface area (Å²) in [5.74, 6) is -0.326. The van der Waals surface area contributed by atoms with Gasteiger partial charge in [-0.05, 0) is 42.5 Å². The minimum Gasteiger partial charge on any atom is -0.406 e. The van der Waals surface area contributed by atoms with Crippen molar-refractivity contribution in [2.45, 2.75) is 6.36 Å². The van der Waals surface area contributed by atoms with Crippen LogP contribution in [0.3, 0.4) is 0 Å². The minimum atomic E-state index is -4.72. The maximum absolute atomic E-state index is 12.0. The molecule has 2 aromatic rings. The van der Waals surface area contributed by atoms with Crippen LogP contribution >= 0.6 is 0 Å². The van der Waals surface area contributed by atoms with E-state index in [1.165, 1.54) is 18.2 Å². The van der Waals surface area contributed by atoms with Crippen molar-refractivity contribution >= 4 is 22.7 Å². The zero-order valence-corrected chi connectivity index (χ0v) is 10.6. The molecule has 0 heterocycles. The van der Waals surface area contributed by atoms with Crippen LogP contribution in [0, 0.1) is 0 Å². The Labute approximate surface area is 118 Å². The van der Waals surface area contributed by atoms with Crippen molar-refractivity contribution in [2.75, 3.05) is 11.5 Å². The van der Waals surface area contributed by atoms with Gasteiger partial charge in [0.05, 0.1) is 11.4 Å². The third-order valence-corrected chi connectivity index (χ3v) is 2.40. The lowest BCUT2D eigenvalue weighted by atomic mass is 10.2. The van der Waals surface area contributed by atoms with Crippen LogP contribution in [0.25, 0.3) is 0 Å². The Morgan fingerprint density at radius 3 is 2.14 bits per heavy atom. The van der Waals surface area contributed by atoms with Crippen molar-refractivity contribution < 1.29 is 17.9 Å². The maximum atomic E-state index is 12.0. The highest BCUT2D eigenvalue weighted by molar-refractivity contribution is 5.67. The zero-order chi connectivity index (χ0) is 15.5. The van der Waals surface area contributed by atoms with Gasteiger partial charge in [-0.15, -0.1) is 18.3 Å². The smallest absolute Gasteiger partial charge is 0.406 e. The second-order valence-corrected chi connectivity index (χ2v) is 4.06. The molecule has 0 unspecified atom stereocenters. The fourth-order valence-electron chi connectivity index (χ4n) is 1.49. The second-order valence-electron chi connectivity index (χ2n) is 4.06. The van der Waals surface area contributed by atoms with E-state index in [1.54, 1.807) is 12.1 Å². The summed E-state index contributed by atoms with van der Waals surface area (Å²) in [6.45, 7) is 0. The summed E-state index contributed by atoms with van der Waals surface area (Å²) in [6.07, 6.45) is -4.72. The average molecular weight is 296 g/mol. The molecule has 0 saturated carbocycles. The summed E-state index contributed by atoms with van der Waals surface area (Å²) >= 11 is 0. The highest BCUT2D eigenvalue weighted by Gasteiger charge is 2.30. The first kappa shape index (κ1) is 14.6. The van der Waals surface area contributed by atoms with Gasteiger partial charge in [0.25, 0.3) is 0 Å². The Kier molecular flexibility index (Phi) is 3.97. The monoisotopic (exact) mass is 296 g/mol. The largest absolute Gasteiger partial charge is 0.573 e. The summed E-state index contributed by atoms with van der Waals surface area (Å²) < 4.78 is 39.7. The lowest BCUT2D eigenvalue weighted by Gasteiger charge is -2.08. The molecule has 0 fully saturated rings. The summed E-state index contributed by atoms with van der Waals surface area (Å²) in [6, 6.07) is 9.73. The van der Waals surface area contributed by atoms with Crippen molar-refractivity contribution in [3.05, 3.63) is 42.5 Å². The predicted octanol–water partition coefficient (Wildman–Crippen LogP) is 4.17. The molecule has 0 atom stereocenters. The van der Waals surface area contributed by atoms with E-state index in [0.717, 1.165) is 12.1 Å². The lowest BCUT2D eigenvalue weighted by molar-refractivity contribution is -0.274. The van der Waals surface area contributed by atoms with Crippen LogP contribution in [0.5, 0.6) is 5.75 Å². The molecule has 0 aliphatic carbocycles. The second kappa shape index (κ2) is 5.70. The standard InChI is InChI=1S/C13H11F3N4O/c14-13(15,16)21-10-4-2-9(3-5-10)19-20-12-6-1-8(17)7-11(12)18/h1-7H,17-18H2. The summed E-state index contributed by atoms with van der Waals surface area (Å²) in [4.78, 5) is 0. The van der Waals surface area contributed by atoms with Crippen molar-refractivity contribution in [1.29, 1.82) is 0 Å². The topological polar surface area (TPSA) is 86.0 Å². The van der Waals surface area contributed by atoms with Gasteiger partial charge >= 0.3 is 6.36 Å². The molecule has 2 rings (SSSR count). The number of hydrogen-bond acceptors (Lipinski definition) is 5. The van der Waals surface area contributed by atoms with Crippen LogP contribution in [0.2, 0.25) is 0 Å². The fraction of sp³-hybridized carbons (Fsp3) is 0.0769. The molecule has 4 N–H and O–H groups in total. The first-order chi connectivity index (χ1) is 9.83. The van der Waals surface area contributed by atoms with Gasteiger partial charge in [-0.3, -0.25) is 0 Å². The van der Waals surface area contributed by atoms with Gasteiger partial charge < -0.3 is 16.2 Å². The van der Waals surface area contributed by atoms with Crippen LogP contribution in [0.4, 0.5) is 35.9 Å². The van der Waals surface area contributed by atoms with Gasteiger partial charge in [0.1, 0.15) is 11.4 Å². The SMILES string of the molecule is Nc1ccc(N=Nc2ccc(OC(F)(F)F)cc2)c(N)c1. The van der Waals surface area contributed by atoms with Crippen LogP contribution in [-0.2, 0) is 0 Å². The first-order valence-corrected chi connectivity index (χ1v) is 5.76. The van der Waals surface area contributed by atoms with E-state index in [1.807, 2.05) is 0 Å². The van der Waals surface area contributed by atoms with Crippen LogP contribution < -0.4 is 16.2 Å². The maximum Gasteiger partial charge on any atom is 0.573 e. The molecule has 0 bridgehead atoms. The zero-order valence-electron chi connectivity index (χ0n) is 10.6. The fourth-order valence-corrected chi connectivity index (χ4v) is 1.49. The summed E-state index contributed by atoms with van der Waals surface area (Å²) in [5.41, 5.74) is 12.9. The molecular formula is C13H11F3N4O. The Morgan fingerprint density at radius 1 is 0.905 bits per heavy atom. The van der Waals surface area contributed by atoms with E-state index in [0.29, 0.717) is 22.7 Å². The Balaban J connectivity index is 2.11. The minimum absolute atomic E-state index is 0.326. The number of rotatable bonds is 3. The highest BCUT2D eigenvalue weighted by atomic mass is 19.4. The third-order valence-electron chi connectivity index (χ3n) is 2.40. The van der Waals surface area contributed by atoms with Crippen LogP contribution in [0.1, 0.15) is 0 Å². The van der Waals surface area contributed by atoms with Gasteiger partial charge in [-0.2, -0.15) is 5.11 Å². The molecule has 0 spiro atoms. The number of nitrogen functional groups attached to an aromatic ring is 2. The quantitative estimate of drug-likeness (QED) is 0.658.